The Bertz CT molecular complexity index is 1170. The highest BCUT2D eigenvalue weighted by Crippen LogP contribution is 2.32. The maximum absolute atomic E-state index is 14.0. The lowest BCUT2D eigenvalue weighted by atomic mass is 9.92. The molecule has 1 saturated carbocycles. The molecular formula is C23H25ClFN5O2. The van der Waals surface area contributed by atoms with Gasteiger partial charge in [-0.3, -0.25) is 4.79 Å². The van der Waals surface area contributed by atoms with Crippen molar-refractivity contribution in [3.8, 4) is 5.75 Å². The van der Waals surface area contributed by atoms with Gasteiger partial charge in [0.05, 0.1) is 41.7 Å². The number of fused-ring (bicyclic) bond motifs is 3. The summed E-state index contributed by atoms with van der Waals surface area (Å²) in [6, 6.07) is 4.68. The molecule has 7 nitrogen and oxygen atoms in total. The minimum atomic E-state index is -0.415. The quantitative estimate of drug-likeness (QED) is 0.594. The van der Waals surface area contributed by atoms with Crippen LogP contribution in [0.1, 0.15) is 47.3 Å². The molecule has 5 rings (SSSR count). The molecule has 1 fully saturated rings. The number of carbonyl (C=O) groups is 1. The van der Waals surface area contributed by atoms with Crippen LogP contribution in [0.3, 0.4) is 0 Å². The van der Waals surface area contributed by atoms with E-state index in [9.17, 15) is 9.18 Å². The Morgan fingerprint density at radius 1 is 1.22 bits per heavy atom. The molecule has 0 saturated heterocycles. The Hall–Kier alpha value is -2.71. The van der Waals surface area contributed by atoms with Crippen molar-refractivity contribution in [2.24, 2.45) is 0 Å². The number of amides is 1. The van der Waals surface area contributed by atoms with Gasteiger partial charge in [-0.15, -0.1) is 0 Å². The molecule has 3 heterocycles. The standard InChI is InChI=1S/C23H25ClFN5O2/c1-28(2)16-4-6-17(7-5-16)32-21-9-15(25)3-8-18(21)23(31)29-12-19-20(13-29)27-30-11-14(24)10-26-22(19)30/h3,8-11,16-17H,4-7,12-13H2,1-2H3. The first-order chi connectivity index (χ1) is 15.4. The van der Waals surface area contributed by atoms with Gasteiger partial charge in [0.25, 0.3) is 5.91 Å². The van der Waals surface area contributed by atoms with Gasteiger partial charge in [-0.1, -0.05) is 11.6 Å². The van der Waals surface area contributed by atoms with Gasteiger partial charge < -0.3 is 14.5 Å². The van der Waals surface area contributed by atoms with Gasteiger partial charge in [-0.25, -0.2) is 13.9 Å². The fourth-order valence-corrected chi connectivity index (χ4v) is 4.81. The third-order valence-corrected chi connectivity index (χ3v) is 6.63. The normalized spacial score (nSPS) is 20.7. The summed E-state index contributed by atoms with van der Waals surface area (Å²) in [4.78, 5) is 21.6. The van der Waals surface area contributed by atoms with E-state index in [2.05, 4.69) is 29.1 Å². The van der Waals surface area contributed by atoms with E-state index >= 15 is 0 Å². The van der Waals surface area contributed by atoms with Crippen molar-refractivity contribution in [1.29, 1.82) is 0 Å². The SMILES string of the molecule is CN(C)C1CCC(Oc2cc(F)ccc2C(=O)N2Cc3nn4cc(Cl)cnc4c3C2)CC1. The minimum absolute atomic E-state index is 0.0199. The lowest BCUT2D eigenvalue weighted by molar-refractivity contribution is 0.0732. The number of hydrogen-bond acceptors (Lipinski definition) is 5. The fraction of sp³-hybridized carbons (Fsp3) is 0.435. The van der Waals surface area contributed by atoms with Crippen LogP contribution in [-0.2, 0) is 13.1 Å². The average Bonchev–Trinajstić information content (AvgIpc) is 3.31. The largest absolute Gasteiger partial charge is 0.489 e. The number of rotatable bonds is 4. The van der Waals surface area contributed by atoms with Gasteiger partial charge >= 0.3 is 0 Å². The second-order valence-corrected chi connectivity index (χ2v) is 9.22. The van der Waals surface area contributed by atoms with Crippen LogP contribution >= 0.6 is 11.6 Å². The fourth-order valence-electron chi connectivity index (χ4n) is 4.67. The van der Waals surface area contributed by atoms with E-state index in [1.165, 1.54) is 18.2 Å². The molecule has 2 aromatic heterocycles. The highest BCUT2D eigenvalue weighted by atomic mass is 35.5. The topological polar surface area (TPSA) is 63.0 Å². The second-order valence-electron chi connectivity index (χ2n) is 8.78. The molecule has 32 heavy (non-hydrogen) atoms. The zero-order chi connectivity index (χ0) is 22.4. The van der Waals surface area contributed by atoms with E-state index < -0.39 is 5.82 Å². The van der Waals surface area contributed by atoms with Crippen LogP contribution < -0.4 is 4.74 Å². The van der Waals surface area contributed by atoms with Crippen LogP contribution in [0.4, 0.5) is 4.39 Å². The molecule has 1 amide bonds. The van der Waals surface area contributed by atoms with E-state index in [1.807, 2.05) is 0 Å². The Kier molecular flexibility index (Phi) is 5.51. The van der Waals surface area contributed by atoms with E-state index in [-0.39, 0.29) is 12.0 Å². The molecule has 2 aliphatic rings. The van der Waals surface area contributed by atoms with Crippen molar-refractivity contribution in [3.05, 3.63) is 58.3 Å². The second kappa shape index (κ2) is 8.33. The van der Waals surface area contributed by atoms with Gasteiger partial charge in [-0.05, 0) is 51.9 Å². The predicted molar refractivity (Wildman–Crippen MR) is 118 cm³/mol. The summed E-state index contributed by atoms with van der Waals surface area (Å²) in [7, 11) is 4.17. The Morgan fingerprint density at radius 3 is 2.75 bits per heavy atom. The molecule has 0 bridgehead atoms. The molecule has 0 N–H and O–H groups in total. The maximum Gasteiger partial charge on any atom is 0.258 e. The van der Waals surface area contributed by atoms with Crippen LogP contribution in [-0.4, -0.2) is 56.5 Å². The number of hydrogen-bond donors (Lipinski definition) is 0. The van der Waals surface area contributed by atoms with Gasteiger partial charge in [0, 0.05) is 23.9 Å². The lowest BCUT2D eigenvalue weighted by Crippen LogP contribution is -2.35. The van der Waals surface area contributed by atoms with E-state index in [1.54, 1.807) is 21.8 Å². The Morgan fingerprint density at radius 2 is 2.00 bits per heavy atom. The summed E-state index contributed by atoms with van der Waals surface area (Å²) in [5.41, 5.74) is 2.76. The van der Waals surface area contributed by atoms with E-state index in [0.29, 0.717) is 41.1 Å². The summed E-state index contributed by atoms with van der Waals surface area (Å²) in [5.74, 6) is -0.305. The number of ether oxygens (including phenoxy) is 1. The van der Waals surface area contributed by atoms with Crippen LogP contribution in [0.25, 0.3) is 5.65 Å². The molecule has 0 unspecified atom stereocenters. The van der Waals surface area contributed by atoms with Crippen LogP contribution in [0.2, 0.25) is 5.02 Å². The Labute approximate surface area is 190 Å². The van der Waals surface area contributed by atoms with Crippen molar-refractivity contribution in [2.45, 2.75) is 50.9 Å². The highest BCUT2D eigenvalue weighted by molar-refractivity contribution is 6.30. The molecule has 1 aliphatic carbocycles. The molecule has 0 atom stereocenters. The zero-order valence-corrected chi connectivity index (χ0v) is 18.8. The minimum Gasteiger partial charge on any atom is -0.489 e. The number of nitrogens with zero attached hydrogens (tertiary/aromatic N) is 5. The summed E-state index contributed by atoms with van der Waals surface area (Å²) < 4.78 is 21.8. The number of carbonyl (C=O) groups excluding carboxylic acids is 1. The first-order valence-corrected chi connectivity index (χ1v) is 11.2. The molecule has 3 aromatic rings. The maximum atomic E-state index is 14.0. The first-order valence-electron chi connectivity index (χ1n) is 10.8. The van der Waals surface area contributed by atoms with Crippen molar-refractivity contribution < 1.29 is 13.9 Å². The van der Waals surface area contributed by atoms with Crippen LogP contribution in [0.5, 0.6) is 5.75 Å². The van der Waals surface area contributed by atoms with Crippen molar-refractivity contribution >= 4 is 23.2 Å². The third kappa shape index (κ3) is 3.93. The summed E-state index contributed by atoms with van der Waals surface area (Å²) >= 11 is 6.00. The first kappa shape index (κ1) is 21.2. The predicted octanol–water partition coefficient (Wildman–Crippen LogP) is 3.93. The number of benzene rings is 1. The molecule has 9 heteroatoms. The molecule has 1 aliphatic heterocycles. The average molecular weight is 458 g/mol. The summed E-state index contributed by atoms with van der Waals surface area (Å²) in [5, 5.41) is 5.01. The van der Waals surface area contributed by atoms with Gasteiger partial charge in [0.2, 0.25) is 0 Å². The van der Waals surface area contributed by atoms with E-state index in [0.717, 1.165) is 36.9 Å². The summed E-state index contributed by atoms with van der Waals surface area (Å²) in [6.07, 6.45) is 7.06. The van der Waals surface area contributed by atoms with Crippen LogP contribution in [0, 0.1) is 5.82 Å². The number of halogens is 2. The zero-order valence-electron chi connectivity index (χ0n) is 18.1. The molecular weight excluding hydrogens is 433 g/mol. The summed E-state index contributed by atoms with van der Waals surface area (Å²) in [6.45, 7) is 0.747. The molecule has 0 radical (unpaired) electrons. The Balaban J connectivity index is 1.34. The molecule has 168 valence electrons. The smallest absolute Gasteiger partial charge is 0.258 e. The highest BCUT2D eigenvalue weighted by Gasteiger charge is 2.32. The third-order valence-electron chi connectivity index (χ3n) is 6.44. The van der Waals surface area contributed by atoms with E-state index in [4.69, 9.17) is 16.3 Å². The van der Waals surface area contributed by atoms with Crippen molar-refractivity contribution in [2.75, 3.05) is 14.1 Å². The lowest BCUT2D eigenvalue weighted by Gasteiger charge is -2.33. The monoisotopic (exact) mass is 457 g/mol. The van der Waals surface area contributed by atoms with Gasteiger partial charge in [0.15, 0.2) is 5.65 Å². The van der Waals surface area contributed by atoms with Gasteiger partial charge in [-0.2, -0.15) is 5.10 Å². The van der Waals surface area contributed by atoms with Crippen LogP contribution in [0.15, 0.2) is 30.6 Å². The van der Waals surface area contributed by atoms with Crippen molar-refractivity contribution in [3.63, 3.8) is 0 Å². The molecule has 0 spiro atoms. The van der Waals surface area contributed by atoms with Crippen molar-refractivity contribution in [1.82, 2.24) is 24.4 Å². The van der Waals surface area contributed by atoms with Gasteiger partial charge in [0.1, 0.15) is 11.6 Å². The molecule has 1 aromatic carbocycles. The number of aromatic nitrogens is 3.